The third kappa shape index (κ3) is 6.34. The van der Waals surface area contributed by atoms with E-state index in [2.05, 4.69) is 10.6 Å². The van der Waals surface area contributed by atoms with E-state index < -0.39 is 6.04 Å². The minimum absolute atomic E-state index is 0.167. The van der Waals surface area contributed by atoms with Crippen molar-refractivity contribution in [1.82, 2.24) is 15.5 Å². The van der Waals surface area contributed by atoms with Gasteiger partial charge in [0.15, 0.2) is 0 Å². The molecule has 0 saturated heterocycles. The molecule has 6 nitrogen and oxygen atoms in total. The molecular formula is C28H34FN3O3S. The average molecular weight is 512 g/mol. The Bertz CT molecular complexity index is 1100. The first kappa shape index (κ1) is 26.4. The molecule has 1 fully saturated rings. The smallest absolute Gasteiger partial charge is 0.255 e. The summed E-state index contributed by atoms with van der Waals surface area (Å²) in [6, 6.07) is 10.8. The summed E-state index contributed by atoms with van der Waals surface area (Å²) in [5, 5.41) is 6.09. The standard InChI is InChI=1S/C28H34FN3O3S/c1-30-27(34)13-12-22(17-33)32-16-24-23(28(32)35)8-5-9-26(24)36-18-20-11-10-19(14-25(20)29)15-31-21-6-3-2-4-7-21/h5,8-11,14,17,21-22,31H,2-4,6-7,12-13,15-16,18H2,1H3,(H,30,34). The van der Waals surface area contributed by atoms with E-state index in [9.17, 15) is 18.8 Å². The van der Waals surface area contributed by atoms with Gasteiger partial charge in [-0.2, -0.15) is 0 Å². The summed E-state index contributed by atoms with van der Waals surface area (Å²) in [5.74, 6) is -0.144. The summed E-state index contributed by atoms with van der Waals surface area (Å²) in [6.07, 6.45) is 7.41. The minimum atomic E-state index is -0.660. The molecule has 2 N–H and O–H groups in total. The highest BCUT2D eigenvalue weighted by Gasteiger charge is 2.34. The number of halogens is 1. The van der Waals surface area contributed by atoms with Gasteiger partial charge in [0.25, 0.3) is 5.91 Å². The van der Waals surface area contributed by atoms with Crippen LogP contribution in [0.1, 0.15) is 72.0 Å². The number of fused-ring (bicyclic) bond motifs is 1. The van der Waals surface area contributed by atoms with Crippen LogP contribution >= 0.6 is 11.8 Å². The first-order valence-electron chi connectivity index (χ1n) is 12.7. The molecule has 4 rings (SSSR count). The molecule has 0 aromatic heterocycles. The van der Waals surface area contributed by atoms with Crippen molar-refractivity contribution in [3.05, 3.63) is 64.5 Å². The number of nitrogens with zero attached hydrogens (tertiary/aromatic N) is 1. The zero-order valence-corrected chi connectivity index (χ0v) is 21.5. The highest BCUT2D eigenvalue weighted by atomic mass is 32.2. The number of hydrogen-bond acceptors (Lipinski definition) is 5. The fourth-order valence-electron chi connectivity index (χ4n) is 4.97. The van der Waals surface area contributed by atoms with Gasteiger partial charge in [-0.15, -0.1) is 11.8 Å². The fraction of sp³-hybridized carbons (Fsp3) is 0.464. The van der Waals surface area contributed by atoms with E-state index in [1.165, 1.54) is 48.8 Å². The molecule has 8 heteroatoms. The van der Waals surface area contributed by atoms with E-state index in [-0.39, 0.29) is 30.5 Å². The van der Waals surface area contributed by atoms with Crippen LogP contribution in [0.3, 0.4) is 0 Å². The topological polar surface area (TPSA) is 78.5 Å². The van der Waals surface area contributed by atoms with Gasteiger partial charge in [-0.3, -0.25) is 9.59 Å². The predicted molar refractivity (Wildman–Crippen MR) is 139 cm³/mol. The van der Waals surface area contributed by atoms with Crippen LogP contribution in [0, 0.1) is 5.82 Å². The second-order valence-electron chi connectivity index (χ2n) is 9.56. The Morgan fingerprint density at radius 3 is 2.75 bits per heavy atom. The van der Waals surface area contributed by atoms with E-state index in [0.29, 0.717) is 36.0 Å². The summed E-state index contributed by atoms with van der Waals surface area (Å²) < 4.78 is 14.9. The van der Waals surface area contributed by atoms with Crippen molar-refractivity contribution in [2.45, 2.75) is 80.8 Å². The molecule has 1 aliphatic carbocycles. The van der Waals surface area contributed by atoms with Gasteiger partial charge in [0.1, 0.15) is 12.1 Å². The lowest BCUT2D eigenvalue weighted by atomic mass is 9.95. The molecule has 2 amide bonds. The molecule has 0 bridgehead atoms. The number of thioether (sulfide) groups is 1. The SMILES string of the molecule is CNC(=O)CCC(C=O)N1Cc2c(SCc3ccc(CNC4CCCCC4)cc3F)cccc2C1=O. The van der Waals surface area contributed by atoms with E-state index in [1.807, 2.05) is 24.3 Å². The van der Waals surface area contributed by atoms with Crippen molar-refractivity contribution >= 4 is 29.9 Å². The molecule has 2 aromatic carbocycles. The zero-order valence-electron chi connectivity index (χ0n) is 20.7. The van der Waals surface area contributed by atoms with Gasteiger partial charge >= 0.3 is 0 Å². The fourth-order valence-corrected chi connectivity index (χ4v) is 6.04. The first-order valence-corrected chi connectivity index (χ1v) is 13.7. The van der Waals surface area contributed by atoms with E-state index >= 15 is 0 Å². The highest BCUT2D eigenvalue weighted by molar-refractivity contribution is 7.98. The number of aldehydes is 1. The number of rotatable bonds is 11. The van der Waals surface area contributed by atoms with Crippen molar-refractivity contribution in [3.63, 3.8) is 0 Å². The van der Waals surface area contributed by atoms with E-state index in [4.69, 9.17) is 0 Å². The Morgan fingerprint density at radius 1 is 1.22 bits per heavy atom. The van der Waals surface area contributed by atoms with E-state index in [0.717, 1.165) is 22.3 Å². The normalized spacial score (nSPS) is 16.6. The first-order chi connectivity index (χ1) is 17.5. The molecule has 1 atom stereocenters. The molecule has 1 unspecified atom stereocenters. The van der Waals surface area contributed by atoms with Gasteiger partial charge in [0, 0.05) is 48.8 Å². The summed E-state index contributed by atoms with van der Waals surface area (Å²) in [7, 11) is 1.55. The Morgan fingerprint density at radius 2 is 2.03 bits per heavy atom. The molecular weight excluding hydrogens is 477 g/mol. The number of carbonyl (C=O) groups is 3. The molecule has 1 saturated carbocycles. The van der Waals surface area contributed by atoms with Gasteiger partial charge in [-0.1, -0.05) is 37.5 Å². The lowest BCUT2D eigenvalue weighted by Crippen LogP contribution is -2.37. The monoisotopic (exact) mass is 511 g/mol. The molecule has 0 radical (unpaired) electrons. The average Bonchev–Trinajstić information content (AvgIpc) is 3.24. The second kappa shape index (κ2) is 12.5. The molecule has 36 heavy (non-hydrogen) atoms. The van der Waals surface area contributed by atoms with Crippen LogP contribution < -0.4 is 10.6 Å². The van der Waals surface area contributed by atoms with Crippen molar-refractivity contribution in [1.29, 1.82) is 0 Å². The van der Waals surface area contributed by atoms with Crippen LogP contribution in [0.25, 0.3) is 0 Å². The lowest BCUT2D eigenvalue weighted by molar-refractivity contribution is -0.121. The Balaban J connectivity index is 1.38. The van der Waals surface area contributed by atoms with Crippen LogP contribution in [-0.4, -0.2) is 42.1 Å². The van der Waals surface area contributed by atoms with Crippen LogP contribution in [0.2, 0.25) is 0 Å². The van der Waals surface area contributed by atoms with Crippen LogP contribution in [0.4, 0.5) is 4.39 Å². The van der Waals surface area contributed by atoms with Crippen LogP contribution in [-0.2, 0) is 28.4 Å². The van der Waals surface area contributed by atoms with Gasteiger partial charge in [0.2, 0.25) is 5.91 Å². The van der Waals surface area contributed by atoms with Crippen LogP contribution in [0.5, 0.6) is 0 Å². The molecule has 1 aliphatic heterocycles. The van der Waals surface area contributed by atoms with Crippen molar-refractivity contribution in [2.75, 3.05) is 7.05 Å². The Kier molecular flexibility index (Phi) is 9.15. The van der Waals surface area contributed by atoms with Crippen molar-refractivity contribution < 1.29 is 18.8 Å². The summed E-state index contributed by atoms with van der Waals surface area (Å²) in [6.45, 7) is 0.986. The summed E-state index contributed by atoms with van der Waals surface area (Å²) in [4.78, 5) is 38.7. The van der Waals surface area contributed by atoms with Gasteiger partial charge < -0.3 is 20.3 Å². The lowest BCUT2D eigenvalue weighted by Gasteiger charge is -2.23. The summed E-state index contributed by atoms with van der Waals surface area (Å²) in [5.41, 5.74) is 2.99. The maximum atomic E-state index is 14.9. The number of amides is 2. The molecule has 1 heterocycles. The van der Waals surface area contributed by atoms with Gasteiger partial charge in [-0.05, 0) is 54.2 Å². The maximum absolute atomic E-state index is 14.9. The largest absolute Gasteiger partial charge is 0.359 e. The zero-order chi connectivity index (χ0) is 25.5. The predicted octanol–water partition coefficient (Wildman–Crippen LogP) is 4.59. The molecule has 2 aliphatic rings. The Hall–Kier alpha value is -2.71. The molecule has 0 spiro atoms. The summed E-state index contributed by atoms with van der Waals surface area (Å²) >= 11 is 1.49. The van der Waals surface area contributed by atoms with Gasteiger partial charge in [-0.25, -0.2) is 4.39 Å². The van der Waals surface area contributed by atoms with Crippen molar-refractivity contribution in [2.24, 2.45) is 0 Å². The quantitative estimate of drug-likeness (QED) is 0.341. The number of nitrogens with one attached hydrogen (secondary N) is 2. The number of carbonyl (C=O) groups excluding carboxylic acids is 3. The van der Waals surface area contributed by atoms with Crippen molar-refractivity contribution in [3.8, 4) is 0 Å². The second-order valence-corrected chi connectivity index (χ2v) is 10.6. The minimum Gasteiger partial charge on any atom is -0.359 e. The molecule has 192 valence electrons. The van der Waals surface area contributed by atoms with Crippen LogP contribution in [0.15, 0.2) is 41.3 Å². The van der Waals surface area contributed by atoms with E-state index in [1.54, 1.807) is 19.2 Å². The Labute approximate surface area is 216 Å². The highest BCUT2D eigenvalue weighted by Crippen LogP contribution is 2.35. The third-order valence-corrected chi connectivity index (χ3v) is 8.31. The number of hydrogen-bond donors (Lipinski definition) is 2. The maximum Gasteiger partial charge on any atom is 0.255 e. The molecule has 2 aromatic rings. The number of benzene rings is 2. The van der Waals surface area contributed by atoms with Gasteiger partial charge in [0.05, 0.1) is 6.04 Å². The third-order valence-electron chi connectivity index (χ3n) is 7.16.